The zero-order valence-corrected chi connectivity index (χ0v) is 12.8. The topological polar surface area (TPSA) is 69.9 Å². The van der Waals surface area contributed by atoms with E-state index in [-0.39, 0.29) is 6.04 Å². The lowest BCUT2D eigenvalue weighted by atomic mass is 10.2. The fourth-order valence-electron chi connectivity index (χ4n) is 2.66. The van der Waals surface area contributed by atoms with E-state index in [4.69, 9.17) is 15.2 Å². The molecule has 0 spiro atoms. The highest BCUT2D eigenvalue weighted by atomic mass is 16.5. The molecule has 0 aliphatic heterocycles. The van der Waals surface area contributed by atoms with E-state index in [0.29, 0.717) is 6.54 Å². The third-order valence-electron chi connectivity index (χ3n) is 3.84. The Labute approximate surface area is 123 Å². The van der Waals surface area contributed by atoms with Gasteiger partial charge in [-0.1, -0.05) is 11.2 Å². The van der Waals surface area contributed by atoms with Crippen LogP contribution in [0.4, 0.5) is 0 Å². The summed E-state index contributed by atoms with van der Waals surface area (Å²) >= 11 is 0. The van der Waals surface area contributed by atoms with Crippen molar-refractivity contribution in [1.29, 1.82) is 0 Å². The number of aryl methyl sites for hydroxylation is 3. The maximum atomic E-state index is 6.10. The molecule has 2 aromatic heterocycles. The molecule has 0 saturated carbocycles. The molecule has 0 aliphatic carbocycles. The first-order valence-electron chi connectivity index (χ1n) is 7.11. The zero-order valence-electron chi connectivity index (χ0n) is 12.8. The van der Waals surface area contributed by atoms with Gasteiger partial charge in [0.1, 0.15) is 11.6 Å². The fourth-order valence-corrected chi connectivity index (χ4v) is 2.66. The Morgan fingerprint density at radius 2 is 2.05 bits per heavy atom. The van der Waals surface area contributed by atoms with Gasteiger partial charge in [-0.3, -0.25) is 0 Å². The summed E-state index contributed by atoms with van der Waals surface area (Å²) in [5.74, 6) is 1.73. The summed E-state index contributed by atoms with van der Waals surface area (Å²) in [5.41, 5.74) is 11.4. The van der Waals surface area contributed by atoms with E-state index in [0.717, 1.165) is 33.9 Å². The maximum absolute atomic E-state index is 6.10. The standard InChI is InChI=1S/C16H20N4O/c1-9-5-6-15-14(7-9)18-16(10(2)17)20(15)8-13-11(3)19-21-12(13)4/h5-7,10H,8,17H2,1-4H3. The molecule has 0 radical (unpaired) electrons. The molecule has 5 nitrogen and oxygen atoms in total. The van der Waals surface area contributed by atoms with Crippen LogP contribution in [0.2, 0.25) is 0 Å². The summed E-state index contributed by atoms with van der Waals surface area (Å²) in [6, 6.07) is 6.16. The average Bonchev–Trinajstić information content (AvgIpc) is 2.94. The van der Waals surface area contributed by atoms with Crippen molar-refractivity contribution in [3.63, 3.8) is 0 Å². The van der Waals surface area contributed by atoms with E-state index in [1.165, 1.54) is 5.56 Å². The quantitative estimate of drug-likeness (QED) is 0.802. The third-order valence-corrected chi connectivity index (χ3v) is 3.84. The second-order valence-electron chi connectivity index (χ2n) is 5.64. The zero-order chi connectivity index (χ0) is 15.1. The smallest absolute Gasteiger partial charge is 0.138 e. The average molecular weight is 284 g/mol. The van der Waals surface area contributed by atoms with Crippen LogP contribution >= 0.6 is 0 Å². The number of benzene rings is 1. The first-order chi connectivity index (χ1) is 9.97. The molecule has 5 heteroatoms. The first kappa shape index (κ1) is 13.8. The summed E-state index contributed by atoms with van der Waals surface area (Å²) in [6.07, 6.45) is 0. The van der Waals surface area contributed by atoms with Crippen molar-refractivity contribution in [2.45, 2.75) is 40.3 Å². The fraction of sp³-hybridized carbons (Fsp3) is 0.375. The molecule has 110 valence electrons. The highest BCUT2D eigenvalue weighted by Gasteiger charge is 2.17. The number of hydrogen-bond donors (Lipinski definition) is 1. The lowest BCUT2D eigenvalue weighted by Crippen LogP contribution is -2.14. The van der Waals surface area contributed by atoms with Gasteiger partial charge in [-0.25, -0.2) is 4.98 Å². The van der Waals surface area contributed by atoms with E-state index in [2.05, 4.69) is 34.8 Å². The number of fused-ring (bicyclic) bond motifs is 1. The number of hydrogen-bond acceptors (Lipinski definition) is 4. The molecule has 1 atom stereocenters. The van der Waals surface area contributed by atoms with Gasteiger partial charge in [-0.15, -0.1) is 0 Å². The molecule has 2 heterocycles. The summed E-state index contributed by atoms with van der Waals surface area (Å²) < 4.78 is 7.42. The molecular formula is C16H20N4O. The molecule has 3 aromatic rings. The van der Waals surface area contributed by atoms with E-state index >= 15 is 0 Å². The first-order valence-corrected chi connectivity index (χ1v) is 7.11. The largest absolute Gasteiger partial charge is 0.361 e. The minimum atomic E-state index is -0.127. The molecule has 1 unspecified atom stereocenters. The molecule has 0 bridgehead atoms. The van der Waals surface area contributed by atoms with E-state index in [1.807, 2.05) is 20.8 Å². The second kappa shape index (κ2) is 5.00. The molecule has 2 N–H and O–H groups in total. The molecule has 0 saturated heterocycles. The van der Waals surface area contributed by atoms with E-state index in [9.17, 15) is 0 Å². The van der Waals surface area contributed by atoms with Gasteiger partial charge in [-0.2, -0.15) is 0 Å². The highest BCUT2D eigenvalue weighted by molar-refractivity contribution is 5.77. The predicted molar refractivity (Wildman–Crippen MR) is 82.2 cm³/mol. The minimum absolute atomic E-state index is 0.127. The molecule has 0 amide bonds. The number of aromatic nitrogens is 3. The van der Waals surface area contributed by atoms with Crippen molar-refractivity contribution in [2.24, 2.45) is 5.73 Å². The Hall–Kier alpha value is -2.14. The van der Waals surface area contributed by atoms with Gasteiger partial charge in [0.05, 0.1) is 29.3 Å². The monoisotopic (exact) mass is 284 g/mol. The Morgan fingerprint density at radius 1 is 1.29 bits per heavy atom. The minimum Gasteiger partial charge on any atom is -0.361 e. The van der Waals surface area contributed by atoms with Gasteiger partial charge in [0.25, 0.3) is 0 Å². The van der Waals surface area contributed by atoms with Crippen molar-refractivity contribution < 1.29 is 4.52 Å². The van der Waals surface area contributed by atoms with Gasteiger partial charge in [0.15, 0.2) is 0 Å². The molecule has 3 rings (SSSR count). The van der Waals surface area contributed by atoms with Gasteiger partial charge in [0, 0.05) is 5.56 Å². The van der Waals surface area contributed by atoms with E-state index in [1.54, 1.807) is 0 Å². The number of nitrogens with zero attached hydrogens (tertiary/aromatic N) is 3. The van der Waals surface area contributed by atoms with Crippen molar-refractivity contribution in [1.82, 2.24) is 14.7 Å². The Balaban J connectivity index is 2.18. The normalized spacial score (nSPS) is 13.0. The van der Waals surface area contributed by atoms with Crippen LogP contribution in [0.3, 0.4) is 0 Å². The highest BCUT2D eigenvalue weighted by Crippen LogP contribution is 2.24. The lowest BCUT2D eigenvalue weighted by molar-refractivity contribution is 0.392. The summed E-state index contributed by atoms with van der Waals surface area (Å²) in [5, 5.41) is 4.03. The van der Waals surface area contributed by atoms with Crippen LogP contribution in [0.25, 0.3) is 11.0 Å². The molecular weight excluding hydrogens is 264 g/mol. The molecule has 0 fully saturated rings. The van der Waals surface area contributed by atoms with Crippen molar-refractivity contribution in [3.8, 4) is 0 Å². The van der Waals surface area contributed by atoms with Gasteiger partial charge < -0.3 is 14.8 Å². The Bertz CT molecular complexity index is 779. The molecule has 21 heavy (non-hydrogen) atoms. The Morgan fingerprint density at radius 3 is 2.67 bits per heavy atom. The van der Waals surface area contributed by atoms with Crippen LogP contribution in [0.5, 0.6) is 0 Å². The van der Waals surface area contributed by atoms with E-state index < -0.39 is 0 Å². The Kier molecular flexibility index (Phi) is 3.29. The number of nitrogens with two attached hydrogens (primary N) is 1. The lowest BCUT2D eigenvalue weighted by Gasteiger charge is -2.11. The van der Waals surface area contributed by atoms with Gasteiger partial charge >= 0.3 is 0 Å². The van der Waals surface area contributed by atoms with Crippen LogP contribution in [0, 0.1) is 20.8 Å². The molecule has 0 aliphatic rings. The SMILES string of the molecule is Cc1ccc2c(c1)nc(C(C)N)n2Cc1c(C)noc1C. The maximum Gasteiger partial charge on any atom is 0.138 e. The van der Waals surface area contributed by atoms with Gasteiger partial charge in [-0.05, 0) is 45.4 Å². The third kappa shape index (κ3) is 2.34. The second-order valence-corrected chi connectivity index (χ2v) is 5.64. The van der Waals surface area contributed by atoms with Crippen LogP contribution in [-0.2, 0) is 6.54 Å². The summed E-state index contributed by atoms with van der Waals surface area (Å²) in [6.45, 7) is 8.60. The number of rotatable bonds is 3. The van der Waals surface area contributed by atoms with Crippen LogP contribution < -0.4 is 5.73 Å². The summed E-state index contributed by atoms with van der Waals surface area (Å²) in [4.78, 5) is 4.70. The van der Waals surface area contributed by atoms with Crippen LogP contribution in [0.15, 0.2) is 22.7 Å². The summed E-state index contributed by atoms with van der Waals surface area (Å²) in [7, 11) is 0. The van der Waals surface area contributed by atoms with Crippen molar-refractivity contribution in [2.75, 3.05) is 0 Å². The van der Waals surface area contributed by atoms with Crippen molar-refractivity contribution in [3.05, 3.63) is 46.6 Å². The molecule has 1 aromatic carbocycles. The van der Waals surface area contributed by atoms with Crippen LogP contribution in [-0.4, -0.2) is 14.7 Å². The van der Waals surface area contributed by atoms with Gasteiger partial charge in [0.2, 0.25) is 0 Å². The number of imidazole rings is 1. The van der Waals surface area contributed by atoms with Crippen LogP contribution in [0.1, 0.15) is 41.4 Å². The van der Waals surface area contributed by atoms with Crippen molar-refractivity contribution >= 4 is 11.0 Å². The predicted octanol–water partition coefficient (Wildman–Crippen LogP) is 3.02.